The van der Waals surface area contributed by atoms with Crippen molar-refractivity contribution in [2.45, 2.75) is 37.6 Å². The van der Waals surface area contributed by atoms with Gasteiger partial charge in [-0.05, 0) is 36.6 Å². The first-order valence-electron chi connectivity index (χ1n) is 6.91. The maximum atomic E-state index is 12.0. The summed E-state index contributed by atoms with van der Waals surface area (Å²) in [5.74, 6) is 0.844. The smallest absolute Gasteiger partial charge is 0.242 e. The van der Waals surface area contributed by atoms with Crippen molar-refractivity contribution in [2.75, 3.05) is 21.1 Å². The van der Waals surface area contributed by atoms with Crippen LogP contribution < -0.4 is 5.32 Å². The Morgan fingerprint density at radius 2 is 1.55 bits per heavy atom. The van der Waals surface area contributed by atoms with E-state index in [9.17, 15) is 8.42 Å². The second kappa shape index (κ2) is 6.70. The first kappa shape index (κ1) is 17.1. The third kappa shape index (κ3) is 3.59. The first-order chi connectivity index (χ1) is 9.21. The molecular weight excluding hydrogens is 272 g/mol. The van der Waals surface area contributed by atoms with E-state index < -0.39 is 10.0 Å². The Kier molecular flexibility index (Phi) is 5.74. The molecule has 0 heterocycles. The lowest BCUT2D eigenvalue weighted by molar-refractivity contribution is 0.376. The molecule has 0 amide bonds. The SMILES string of the molecule is CNC(C(C)C)C(C)c1ccc(S(=O)(=O)N(C)C)cc1. The van der Waals surface area contributed by atoms with Gasteiger partial charge in [-0.25, -0.2) is 12.7 Å². The van der Waals surface area contributed by atoms with Gasteiger partial charge in [0.05, 0.1) is 4.90 Å². The Morgan fingerprint density at radius 3 is 1.90 bits per heavy atom. The summed E-state index contributed by atoms with van der Waals surface area (Å²) >= 11 is 0. The number of nitrogens with zero attached hydrogens (tertiary/aromatic N) is 1. The number of hydrogen-bond donors (Lipinski definition) is 1. The van der Waals surface area contributed by atoms with Crippen molar-refractivity contribution in [2.24, 2.45) is 5.92 Å². The van der Waals surface area contributed by atoms with Gasteiger partial charge in [0, 0.05) is 20.1 Å². The molecule has 1 N–H and O–H groups in total. The summed E-state index contributed by atoms with van der Waals surface area (Å²) < 4.78 is 25.3. The fourth-order valence-corrected chi connectivity index (χ4v) is 3.42. The van der Waals surface area contributed by atoms with Gasteiger partial charge in [0.1, 0.15) is 0 Å². The molecular formula is C15H26N2O2S. The number of hydrogen-bond acceptors (Lipinski definition) is 3. The van der Waals surface area contributed by atoms with Crippen LogP contribution in [0.15, 0.2) is 29.2 Å². The van der Waals surface area contributed by atoms with Crippen LogP contribution >= 0.6 is 0 Å². The predicted octanol–water partition coefficient (Wildman–Crippen LogP) is 2.28. The van der Waals surface area contributed by atoms with E-state index in [1.165, 1.54) is 4.31 Å². The molecule has 0 saturated carbocycles. The molecule has 114 valence electrons. The normalized spacial score (nSPS) is 15.6. The number of nitrogens with one attached hydrogen (secondary N) is 1. The van der Waals surface area contributed by atoms with E-state index in [0.29, 0.717) is 22.8 Å². The van der Waals surface area contributed by atoms with Crippen molar-refractivity contribution >= 4 is 10.0 Å². The van der Waals surface area contributed by atoms with Gasteiger partial charge in [-0.3, -0.25) is 0 Å². The topological polar surface area (TPSA) is 49.4 Å². The summed E-state index contributed by atoms with van der Waals surface area (Å²) in [7, 11) is 1.71. The Bertz CT molecular complexity index is 521. The molecule has 5 heteroatoms. The van der Waals surface area contributed by atoms with Crippen molar-refractivity contribution < 1.29 is 8.42 Å². The zero-order valence-electron chi connectivity index (χ0n) is 13.2. The van der Waals surface area contributed by atoms with Gasteiger partial charge in [0.25, 0.3) is 0 Å². The molecule has 4 nitrogen and oxygen atoms in total. The largest absolute Gasteiger partial charge is 0.316 e. The Labute approximate surface area is 123 Å². The van der Waals surface area contributed by atoms with Crippen LogP contribution in [0.25, 0.3) is 0 Å². The highest BCUT2D eigenvalue weighted by Gasteiger charge is 2.22. The number of benzene rings is 1. The third-order valence-electron chi connectivity index (χ3n) is 3.77. The van der Waals surface area contributed by atoms with E-state index in [0.717, 1.165) is 5.56 Å². The first-order valence-corrected chi connectivity index (χ1v) is 8.35. The fourth-order valence-electron chi connectivity index (χ4n) is 2.52. The summed E-state index contributed by atoms with van der Waals surface area (Å²) in [5, 5.41) is 3.34. The molecule has 1 aromatic carbocycles. The highest BCUT2D eigenvalue weighted by atomic mass is 32.2. The summed E-state index contributed by atoms with van der Waals surface area (Å²) in [6.07, 6.45) is 0. The van der Waals surface area contributed by atoms with Crippen LogP contribution in [0.1, 0.15) is 32.3 Å². The Hall–Kier alpha value is -0.910. The molecule has 0 fully saturated rings. The quantitative estimate of drug-likeness (QED) is 0.876. The van der Waals surface area contributed by atoms with E-state index >= 15 is 0 Å². The van der Waals surface area contributed by atoms with Gasteiger partial charge in [0.15, 0.2) is 0 Å². The lowest BCUT2D eigenvalue weighted by Gasteiger charge is -2.27. The second-order valence-electron chi connectivity index (χ2n) is 5.70. The molecule has 0 aliphatic carbocycles. The molecule has 1 aromatic rings. The molecule has 0 aromatic heterocycles. The minimum Gasteiger partial charge on any atom is -0.316 e. The minimum absolute atomic E-state index is 0.330. The summed E-state index contributed by atoms with van der Waals surface area (Å²) in [6.45, 7) is 6.53. The van der Waals surface area contributed by atoms with Crippen LogP contribution in [0.3, 0.4) is 0 Å². The van der Waals surface area contributed by atoms with E-state index in [2.05, 4.69) is 26.1 Å². The van der Waals surface area contributed by atoms with E-state index in [-0.39, 0.29) is 0 Å². The highest BCUT2D eigenvalue weighted by Crippen LogP contribution is 2.25. The molecule has 2 atom stereocenters. The highest BCUT2D eigenvalue weighted by molar-refractivity contribution is 7.89. The Balaban J connectivity index is 3.03. The lowest BCUT2D eigenvalue weighted by Crippen LogP contribution is -2.35. The van der Waals surface area contributed by atoms with Crippen LogP contribution in [0.2, 0.25) is 0 Å². The van der Waals surface area contributed by atoms with Crippen LogP contribution in [0.4, 0.5) is 0 Å². The second-order valence-corrected chi connectivity index (χ2v) is 7.86. The molecule has 0 bridgehead atoms. The fraction of sp³-hybridized carbons (Fsp3) is 0.600. The van der Waals surface area contributed by atoms with Crippen LogP contribution in [0.5, 0.6) is 0 Å². The van der Waals surface area contributed by atoms with Gasteiger partial charge in [-0.2, -0.15) is 0 Å². The van der Waals surface area contributed by atoms with Gasteiger partial charge < -0.3 is 5.32 Å². The maximum Gasteiger partial charge on any atom is 0.242 e. The summed E-state index contributed by atoms with van der Waals surface area (Å²) in [4.78, 5) is 0.337. The molecule has 1 rings (SSSR count). The summed E-state index contributed by atoms with van der Waals surface area (Å²) in [5.41, 5.74) is 1.15. The molecule has 0 aliphatic rings. The average Bonchev–Trinajstić information content (AvgIpc) is 2.38. The van der Waals surface area contributed by atoms with Crippen molar-refractivity contribution in [3.8, 4) is 0 Å². The van der Waals surface area contributed by atoms with E-state index in [1.54, 1.807) is 26.2 Å². The zero-order valence-corrected chi connectivity index (χ0v) is 14.0. The van der Waals surface area contributed by atoms with Gasteiger partial charge >= 0.3 is 0 Å². The molecule has 0 radical (unpaired) electrons. The molecule has 0 saturated heterocycles. The zero-order chi connectivity index (χ0) is 15.5. The Morgan fingerprint density at radius 1 is 1.05 bits per heavy atom. The maximum absolute atomic E-state index is 12.0. The van der Waals surface area contributed by atoms with Crippen molar-refractivity contribution in [1.29, 1.82) is 0 Å². The van der Waals surface area contributed by atoms with Crippen molar-refractivity contribution in [3.63, 3.8) is 0 Å². The molecule has 20 heavy (non-hydrogen) atoms. The standard InChI is InChI=1S/C15H26N2O2S/c1-11(2)15(16-4)12(3)13-7-9-14(10-8-13)20(18,19)17(5)6/h7-12,15-16H,1-6H3. The van der Waals surface area contributed by atoms with E-state index in [1.807, 2.05) is 19.2 Å². The van der Waals surface area contributed by atoms with Crippen molar-refractivity contribution in [3.05, 3.63) is 29.8 Å². The van der Waals surface area contributed by atoms with Crippen LogP contribution in [0, 0.1) is 5.92 Å². The number of sulfonamides is 1. The lowest BCUT2D eigenvalue weighted by atomic mass is 9.86. The monoisotopic (exact) mass is 298 g/mol. The van der Waals surface area contributed by atoms with Crippen molar-refractivity contribution in [1.82, 2.24) is 9.62 Å². The summed E-state index contributed by atoms with van der Waals surface area (Å²) in [6, 6.07) is 7.57. The number of rotatable bonds is 6. The van der Waals surface area contributed by atoms with E-state index in [4.69, 9.17) is 0 Å². The van der Waals surface area contributed by atoms with Gasteiger partial charge in [-0.1, -0.05) is 32.9 Å². The minimum atomic E-state index is -3.34. The van der Waals surface area contributed by atoms with Crippen LogP contribution in [-0.4, -0.2) is 39.9 Å². The molecule has 2 unspecified atom stereocenters. The molecule has 0 aliphatic heterocycles. The van der Waals surface area contributed by atoms with Crippen LogP contribution in [-0.2, 0) is 10.0 Å². The third-order valence-corrected chi connectivity index (χ3v) is 5.60. The molecule has 0 spiro atoms. The van der Waals surface area contributed by atoms with Gasteiger partial charge in [0.2, 0.25) is 10.0 Å². The average molecular weight is 298 g/mol. The van der Waals surface area contributed by atoms with Gasteiger partial charge in [-0.15, -0.1) is 0 Å². The number of likely N-dealkylation sites (N-methyl/N-ethyl adjacent to an activating group) is 1. The predicted molar refractivity (Wildman–Crippen MR) is 83.4 cm³/mol.